The fourth-order valence-corrected chi connectivity index (χ4v) is 7.01. The van der Waals surface area contributed by atoms with Crippen molar-refractivity contribution in [3.8, 4) is 5.75 Å². The van der Waals surface area contributed by atoms with Gasteiger partial charge in [0.1, 0.15) is 11.4 Å². The van der Waals surface area contributed by atoms with Gasteiger partial charge in [-0.3, -0.25) is 34.2 Å². The highest BCUT2D eigenvalue weighted by molar-refractivity contribution is 9.12. The van der Waals surface area contributed by atoms with Gasteiger partial charge >= 0.3 is 5.97 Å². The molecule has 3 fully saturated rings. The summed E-state index contributed by atoms with van der Waals surface area (Å²) in [7, 11) is 1.37. The van der Waals surface area contributed by atoms with E-state index in [1.54, 1.807) is 0 Å². The summed E-state index contributed by atoms with van der Waals surface area (Å²) < 4.78 is 9.93. The number of imide groups is 1. The van der Waals surface area contributed by atoms with E-state index in [9.17, 15) is 29.3 Å². The minimum absolute atomic E-state index is 0.0807. The third kappa shape index (κ3) is 4.30. The Hall–Kier alpha value is -2.54. The van der Waals surface area contributed by atoms with Crippen molar-refractivity contribution in [2.75, 3.05) is 25.6 Å². The number of esters is 1. The Balaban J connectivity index is 1.29. The van der Waals surface area contributed by atoms with E-state index in [-0.39, 0.29) is 69.5 Å². The molecular formula is C21H21Br2N3O8. The lowest BCUT2D eigenvalue weighted by molar-refractivity contribution is -0.383. The fourth-order valence-electron chi connectivity index (χ4n) is 5.14. The van der Waals surface area contributed by atoms with Crippen molar-refractivity contribution in [1.82, 2.24) is 4.90 Å². The zero-order valence-corrected chi connectivity index (χ0v) is 21.1. The molecule has 11 nitrogen and oxygen atoms in total. The number of rotatable bonds is 8. The molecule has 0 aromatic heterocycles. The first-order valence-electron chi connectivity index (χ1n) is 10.5. The van der Waals surface area contributed by atoms with Crippen molar-refractivity contribution >= 4 is 66.9 Å². The Bertz CT molecular complexity index is 1030. The number of hydrogen-bond acceptors (Lipinski definition) is 8. The number of anilines is 1. The summed E-state index contributed by atoms with van der Waals surface area (Å²) in [5.74, 6) is -2.34. The van der Waals surface area contributed by atoms with Gasteiger partial charge in [0.25, 0.3) is 11.6 Å². The van der Waals surface area contributed by atoms with E-state index in [1.165, 1.54) is 25.3 Å². The molecule has 1 aromatic carbocycles. The monoisotopic (exact) mass is 601 g/mol. The second-order valence-electron chi connectivity index (χ2n) is 8.43. The number of hydrogen-bond donors (Lipinski definition) is 1. The first-order valence-corrected chi connectivity index (χ1v) is 12.4. The summed E-state index contributed by atoms with van der Waals surface area (Å²) >= 11 is 7.24. The van der Waals surface area contributed by atoms with Crippen molar-refractivity contribution in [2.45, 2.75) is 22.5 Å². The van der Waals surface area contributed by atoms with Gasteiger partial charge in [-0.2, -0.15) is 0 Å². The van der Waals surface area contributed by atoms with Crippen LogP contribution in [-0.2, 0) is 23.9 Å². The predicted molar refractivity (Wildman–Crippen MR) is 125 cm³/mol. The van der Waals surface area contributed by atoms with E-state index in [1.807, 2.05) is 0 Å². The molecule has 1 aliphatic heterocycles. The Kier molecular flexibility index (Phi) is 6.94. The molecule has 3 amide bonds. The van der Waals surface area contributed by atoms with Crippen molar-refractivity contribution in [3.63, 3.8) is 0 Å². The number of halogens is 2. The second-order valence-corrected chi connectivity index (χ2v) is 10.5. The number of benzene rings is 1. The van der Waals surface area contributed by atoms with Crippen LogP contribution in [-0.4, -0.2) is 63.4 Å². The van der Waals surface area contributed by atoms with Crippen molar-refractivity contribution in [3.05, 3.63) is 28.3 Å². The van der Waals surface area contributed by atoms with E-state index >= 15 is 0 Å². The molecule has 13 heteroatoms. The van der Waals surface area contributed by atoms with Crippen molar-refractivity contribution in [2.24, 2.45) is 23.7 Å². The number of nitrogens with one attached hydrogen (secondary N) is 1. The Morgan fingerprint density at radius 2 is 1.79 bits per heavy atom. The maximum atomic E-state index is 12.8. The molecule has 2 aliphatic carbocycles. The number of alkyl halides is 2. The number of nitro groups is 1. The standard InChI is InChI=1S/C21H21Br2N3O8/c1-33-9-2-3-13(26(31)32)12(6-9)24-14(27)8-34-15(28)4-5-25-20(29)16-10-7-11(17(16)21(25)30)19(23)18(10)22/h2-3,6,10-11,16-19H,4-5,7-8H2,1H3,(H,24,27)/t10-,11-,16-,17+,18-,19+/m1/s1. The van der Waals surface area contributed by atoms with Gasteiger partial charge in [0.05, 0.1) is 30.3 Å². The number of carbonyl (C=O) groups excluding carboxylic acids is 4. The Morgan fingerprint density at radius 3 is 2.35 bits per heavy atom. The molecular weight excluding hydrogens is 582 g/mol. The number of amides is 3. The summed E-state index contributed by atoms with van der Waals surface area (Å²) in [6.45, 7) is -0.799. The molecule has 3 aliphatic rings. The summed E-state index contributed by atoms with van der Waals surface area (Å²) in [4.78, 5) is 61.8. The van der Waals surface area contributed by atoms with Gasteiger partial charge in [-0.1, -0.05) is 31.9 Å². The smallest absolute Gasteiger partial charge is 0.308 e. The van der Waals surface area contributed by atoms with E-state index in [2.05, 4.69) is 37.2 Å². The topological polar surface area (TPSA) is 145 Å². The molecule has 1 heterocycles. The Morgan fingerprint density at radius 1 is 1.18 bits per heavy atom. The highest BCUT2D eigenvalue weighted by Gasteiger charge is 2.66. The van der Waals surface area contributed by atoms with Gasteiger partial charge in [0, 0.05) is 28.3 Å². The van der Waals surface area contributed by atoms with E-state index < -0.39 is 23.4 Å². The van der Waals surface area contributed by atoms with Crippen LogP contribution in [0.1, 0.15) is 12.8 Å². The van der Waals surface area contributed by atoms with E-state index in [4.69, 9.17) is 9.47 Å². The average Bonchev–Trinajstić information content (AvgIpc) is 3.41. The number of methoxy groups -OCH3 is 1. The average molecular weight is 603 g/mol. The number of carbonyl (C=O) groups is 4. The van der Waals surface area contributed by atoms with Crippen LogP contribution in [0.15, 0.2) is 18.2 Å². The minimum Gasteiger partial charge on any atom is -0.497 e. The molecule has 1 saturated heterocycles. The largest absolute Gasteiger partial charge is 0.497 e. The third-order valence-electron chi connectivity index (χ3n) is 6.66. The summed E-state index contributed by atoms with van der Waals surface area (Å²) in [6.07, 6.45) is 0.559. The predicted octanol–water partition coefficient (Wildman–Crippen LogP) is 2.25. The second kappa shape index (κ2) is 9.61. The highest BCUT2D eigenvalue weighted by atomic mass is 79.9. The number of nitro benzene ring substituents is 1. The van der Waals surface area contributed by atoms with Crippen molar-refractivity contribution in [1.29, 1.82) is 0 Å². The third-order valence-corrected chi connectivity index (χ3v) is 9.86. The van der Waals surface area contributed by atoms with Crippen LogP contribution in [0.25, 0.3) is 0 Å². The zero-order chi connectivity index (χ0) is 24.7. The Labute approximate surface area is 210 Å². The van der Waals surface area contributed by atoms with Crippen molar-refractivity contribution < 1.29 is 33.6 Å². The van der Waals surface area contributed by atoms with E-state index in [0.29, 0.717) is 5.75 Å². The zero-order valence-electron chi connectivity index (χ0n) is 17.9. The quantitative estimate of drug-likeness (QED) is 0.157. The van der Waals surface area contributed by atoms with Gasteiger partial charge in [0.2, 0.25) is 11.8 Å². The number of fused-ring (bicyclic) bond motifs is 5. The van der Waals surface area contributed by atoms with Gasteiger partial charge in [-0.05, 0) is 24.3 Å². The van der Waals surface area contributed by atoms with E-state index in [0.717, 1.165) is 11.3 Å². The molecule has 1 aromatic rings. The summed E-state index contributed by atoms with van der Waals surface area (Å²) in [5, 5.41) is 13.5. The lowest BCUT2D eigenvalue weighted by Gasteiger charge is -2.28. The van der Waals surface area contributed by atoms with Gasteiger partial charge < -0.3 is 14.8 Å². The molecule has 182 valence electrons. The molecule has 4 rings (SSSR count). The van der Waals surface area contributed by atoms with Crippen LogP contribution < -0.4 is 10.1 Å². The summed E-state index contributed by atoms with van der Waals surface area (Å²) in [6, 6.07) is 3.84. The lowest BCUT2D eigenvalue weighted by Crippen LogP contribution is -2.37. The van der Waals surface area contributed by atoms with Crippen LogP contribution in [0.5, 0.6) is 5.75 Å². The van der Waals surface area contributed by atoms with Crippen LogP contribution in [0.4, 0.5) is 11.4 Å². The molecule has 6 atom stereocenters. The maximum Gasteiger partial charge on any atom is 0.308 e. The highest BCUT2D eigenvalue weighted by Crippen LogP contribution is 2.60. The maximum absolute atomic E-state index is 12.8. The molecule has 1 N–H and O–H groups in total. The minimum atomic E-state index is -0.782. The van der Waals surface area contributed by atoms with Gasteiger partial charge in [-0.25, -0.2) is 0 Å². The number of nitrogens with zero attached hydrogens (tertiary/aromatic N) is 2. The summed E-state index contributed by atoms with van der Waals surface area (Å²) in [5.41, 5.74) is -0.447. The molecule has 0 unspecified atom stereocenters. The SMILES string of the molecule is COc1ccc([N+](=O)[O-])c(NC(=O)COC(=O)CCN2C(=O)[C@@H]3[C@H]4C[C@@H]([C@H](Br)[C@@H]4Br)[C@@H]3C2=O)c1. The molecule has 0 spiro atoms. The normalized spacial score (nSPS) is 29.2. The molecule has 2 bridgehead atoms. The molecule has 0 radical (unpaired) electrons. The first kappa shape index (κ1) is 24.6. The van der Waals surface area contributed by atoms with Crippen LogP contribution in [0.3, 0.4) is 0 Å². The number of likely N-dealkylation sites (tertiary alicyclic amines) is 1. The lowest BCUT2D eigenvalue weighted by atomic mass is 9.81. The molecule has 34 heavy (non-hydrogen) atoms. The first-order chi connectivity index (χ1) is 16.1. The van der Waals surface area contributed by atoms with Crippen LogP contribution >= 0.6 is 31.9 Å². The fraction of sp³-hybridized carbons (Fsp3) is 0.524. The van der Waals surface area contributed by atoms with Gasteiger partial charge in [0.15, 0.2) is 6.61 Å². The van der Waals surface area contributed by atoms with Gasteiger partial charge in [-0.15, -0.1) is 0 Å². The van der Waals surface area contributed by atoms with Crippen LogP contribution in [0, 0.1) is 33.8 Å². The van der Waals surface area contributed by atoms with Crippen LogP contribution in [0.2, 0.25) is 0 Å². The molecule has 2 saturated carbocycles. The number of ether oxygens (including phenoxy) is 2.